The maximum absolute atomic E-state index is 9.41. The lowest BCUT2D eigenvalue weighted by molar-refractivity contribution is 0.140. The molecule has 0 heterocycles. The van der Waals surface area contributed by atoms with E-state index < -0.39 is 0 Å². The first-order valence-electron chi connectivity index (χ1n) is 10.5. The number of hydrogen-bond donors (Lipinski definition) is 2. The molecule has 0 aliphatic rings. The summed E-state index contributed by atoms with van der Waals surface area (Å²) >= 11 is 0. The van der Waals surface area contributed by atoms with Gasteiger partial charge in [-0.1, -0.05) is 62.2 Å². The molecule has 0 saturated carbocycles. The van der Waals surface area contributed by atoms with Gasteiger partial charge in [-0.15, -0.1) is 0 Å². The summed E-state index contributed by atoms with van der Waals surface area (Å²) in [4.78, 5) is 0. The average molecular weight is 387 g/mol. The third-order valence-electron chi connectivity index (χ3n) is 4.72. The fourth-order valence-electron chi connectivity index (χ4n) is 3.24. The van der Waals surface area contributed by atoms with Crippen LogP contribution in [0.4, 0.5) is 0 Å². The molecule has 4 nitrogen and oxygen atoms in total. The van der Waals surface area contributed by atoms with Gasteiger partial charge in [-0.05, 0) is 37.3 Å². The van der Waals surface area contributed by atoms with E-state index in [1.54, 1.807) is 0 Å². The van der Waals surface area contributed by atoms with Crippen molar-refractivity contribution in [2.24, 2.45) is 0 Å². The van der Waals surface area contributed by atoms with Crippen LogP contribution in [0.1, 0.15) is 51.9 Å². The highest BCUT2D eigenvalue weighted by molar-refractivity contribution is 5.73. The molecule has 0 radical (unpaired) electrons. The SMILES string of the molecule is CCCC(CCO)Oc1c(OCCCCCCO)cccc1-c1ccccc1. The second-order valence-corrected chi connectivity index (χ2v) is 7.03. The van der Waals surface area contributed by atoms with E-state index in [1.807, 2.05) is 30.3 Å². The van der Waals surface area contributed by atoms with E-state index in [0.29, 0.717) is 13.0 Å². The van der Waals surface area contributed by atoms with Crippen LogP contribution < -0.4 is 9.47 Å². The minimum atomic E-state index is -0.0354. The molecule has 2 rings (SSSR count). The number of ether oxygens (including phenoxy) is 2. The zero-order valence-corrected chi connectivity index (χ0v) is 17.0. The summed E-state index contributed by atoms with van der Waals surface area (Å²) in [5.41, 5.74) is 2.10. The Bertz CT molecular complexity index is 651. The number of benzene rings is 2. The summed E-state index contributed by atoms with van der Waals surface area (Å²) in [6.07, 6.45) is 6.32. The summed E-state index contributed by atoms with van der Waals surface area (Å²) < 4.78 is 12.5. The molecule has 2 aromatic carbocycles. The first-order valence-corrected chi connectivity index (χ1v) is 10.5. The second-order valence-electron chi connectivity index (χ2n) is 7.03. The van der Waals surface area contributed by atoms with Crippen molar-refractivity contribution in [3.8, 4) is 22.6 Å². The van der Waals surface area contributed by atoms with Gasteiger partial charge in [0.1, 0.15) is 6.10 Å². The van der Waals surface area contributed by atoms with E-state index in [0.717, 1.165) is 61.2 Å². The molecule has 0 fully saturated rings. The molecule has 0 aromatic heterocycles. The van der Waals surface area contributed by atoms with E-state index >= 15 is 0 Å². The molecule has 1 atom stereocenters. The largest absolute Gasteiger partial charge is 0.490 e. The summed E-state index contributed by atoms with van der Waals surface area (Å²) in [5, 5.41) is 18.3. The minimum absolute atomic E-state index is 0.0354. The van der Waals surface area contributed by atoms with Crippen molar-refractivity contribution in [2.45, 2.75) is 58.0 Å². The molecule has 154 valence electrons. The third-order valence-corrected chi connectivity index (χ3v) is 4.72. The lowest BCUT2D eigenvalue weighted by Crippen LogP contribution is -2.19. The Kier molecular flexibility index (Phi) is 10.5. The van der Waals surface area contributed by atoms with E-state index in [1.165, 1.54) is 0 Å². The number of aliphatic hydroxyl groups excluding tert-OH is 2. The summed E-state index contributed by atoms with van der Waals surface area (Å²) in [6, 6.07) is 16.2. The Morgan fingerprint density at radius 3 is 2.32 bits per heavy atom. The molecular formula is C24H34O4. The highest BCUT2D eigenvalue weighted by Gasteiger charge is 2.18. The van der Waals surface area contributed by atoms with Gasteiger partial charge in [0.2, 0.25) is 0 Å². The summed E-state index contributed by atoms with van der Waals surface area (Å²) in [6.45, 7) is 3.11. The van der Waals surface area contributed by atoms with Gasteiger partial charge in [0.05, 0.1) is 6.61 Å². The smallest absolute Gasteiger partial charge is 0.169 e. The van der Waals surface area contributed by atoms with Crippen molar-refractivity contribution in [3.05, 3.63) is 48.5 Å². The quantitative estimate of drug-likeness (QED) is 0.437. The molecule has 0 aliphatic carbocycles. The summed E-state index contributed by atoms with van der Waals surface area (Å²) in [5.74, 6) is 1.51. The van der Waals surface area contributed by atoms with E-state index in [2.05, 4.69) is 25.1 Å². The van der Waals surface area contributed by atoms with Crippen LogP contribution in [0.15, 0.2) is 48.5 Å². The van der Waals surface area contributed by atoms with Crippen LogP contribution >= 0.6 is 0 Å². The van der Waals surface area contributed by atoms with Crippen LogP contribution in [0.25, 0.3) is 11.1 Å². The van der Waals surface area contributed by atoms with Crippen molar-refractivity contribution >= 4 is 0 Å². The van der Waals surface area contributed by atoms with Gasteiger partial charge in [0, 0.05) is 25.2 Å². The topological polar surface area (TPSA) is 58.9 Å². The molecule has 1 unspecified atom stereocenters. The molecular weight excluding hydrogens is 352 g/mol. The maximum Gasteiger partial charge on any atom is 0.169 e. The van der Waals surface area contributed by atoms with Gasteiger partial charge in [-0.3, -0.25) is 0 Å². The molecule has 2 N–H and O–H groups in total. The number of hydrogen-bond acceptors (Lipinski definition) is 4. The number of aliphatic hydroxyl groups is 2. The van der Waals surface area contributed by atoms with E-state index in [4.69, 9.17) is 14.6 Å². The Morgan fingerprint density at radius 1 is 0.821 bits per heavy atom. The fourth-order valence-corrected chi connectivity index (χ4v) is 3.24. The van der Waals surface area contributed by atoms with Crippen LogP contribution in [0, 0.1) is 0 Å². The molecule has 2 aromatic rings. The Balaban J connectivity index is 2.20. The highest BCUT2D eigenvalue weighted by Crippen LogP contribution is 2.39. The van der Waals surface area contributed by atoms with Crippen molar-refractivity contribution < 1.29 is 19.7 Å². The molecule has 0 bridgehead atoms. The Morgan fingerprint density at radius 2 is 1.61 bits per heavy atom. The molecule has 4 heteroatoms. The zero-order valence-electron chi connectivity index (χ0n) is 17.0. The monoisotopic (exact) mass is 386 g/mol. The van der Waals surface area contributed by atoms with Gasteiger partial charge in [0.15, 0.2) is 11.5 Å². The number of rotatable bonds is 14. The minimum Gasteiger partial charge on any atom is -0.490 e. The Labute approximate surface area is 169 Å². The molecule has 0 aliphatic heterocycles. The van der Waals surface area contributed by atoms with Gasteiger partial charge >= 0.3 is 0 Å². The predicted molar refractivity (Wildman–Crippen MR) is 114 cm³/mol. The lowest BCUT2D eigenvalue weighted by atomic mass is 10.0. The van der Waals surface area contributed by atoms with Gasteiger partial charge in [-0.25, -0.2) is 0 Å². The van der Waals surface area contributed by atoms with Crippen LogP contribution in [0.3, 0.4) is 0 Å². The van der Waals surface area contributed by atoms with Gasteiger partial charge in [0.25, 0.3) is 0 Å². The molecule has 0 spiro atoms. The van der Waals surface area contributed by atoms with E-state index in [-0.39, 0.29) is 19.3 Å². The molecule has 28 heavy (non-hydrogen) atoms. The normalized spacial score (nSPS) is 12.0. The van der Waals surface area contributed by atoms with Crippen LogP contribution in [-0.4, -0.2) is 36.1 Å². The van der Waals surface area contributed by atoms with Crippen molar-refractivity contribution in [2.75, 3.05) is 19.8 Å². The van der Waals surface area contributed by atoms with Crippen molar-refractivity contribution in [1.29, 1.82) is 0 Å². The van der Waals surface area contributed by atoms with E-state index in [9.17, 15) is 5.11 Å². The first kappa shape index (κ1) is 22.3. The van der Waals surface area contributed by atoms with Crippen molar-refractivity contribution in [1.82, 2.24) is 0 Å². The molecule has 0 amide bonds. The van der Waals surface area contributed by atoms with Crippen LogP contribution in [0.2, 0.25) is 0 Å². The van der Waals surface area contributed by atoms with Gasteiger partial charge < -0.3 is 19.7 Å². The van der Waals surface area contributed by atoms with Crippen molar-refractivity contribution in [3.63, 3.8) is 0 Å². The zero-order chi connectivity index (χ0) is 20.0. The predicted octanol–water partition coefficient (Wildman–Crippen LogP) is 5.22. The highest BCUT2D eigenvalue weighted by atomic mass is 16.5. The van der Waals surface area contributed by atoms with Crippen LogP contribution in [-0.2, 0) is 0 Å². The van der Waals surface area contributed by atoms with Crippen LogP contribution in [0.5, 0.6) is 11.5 Å². The summed E-state index contributed by atoms with van der Waals surface area (Å²) in [7, 11) is 0. The second kappa shape index (κ2) is 13.2. The number of unbranched alkanes of at least 4 members (excludes halogenated alkanes) is 3. The number of para-hydroxylation sites is 1. The maximum atomic E-state index is 9.41. The third kappa shape index (κ3) is 7.17. The standard InChI is InChI=1S/C24H34O4/c1-2-11-21(16-18-26)28-24-22(20-12-6-5-7-13-20)14-10-15-23(24)27-19-9-4-3-8-17-25/h5-7,10,12-15,21,25-26H,2-4,8-9,11,16-19H2,1H3. The molecule has 0 saturated heterocycles. The van der Waals surface area contributed by atoms with Gasteiger partial charge in [-0.2, -0.15) is 0 Å². The first-order chi connectivity index (χ1) is 13.8. The lowest BCUT2D eigenvalue weighted by Gasteiger charge is -2.22. The average Bonchev–Trinajstić information content (AvgIpc) is 2.72. The Hall–Kier alpha value is -2.04. The fraction of sp³-hybridized carbons (Fsp3) is 0.500.